The quantitative estimate of drug-likeness (QED) is 0.0594. The standard InChI is InChI=1S/C44H71N5O4S/c1-5-6-7-8-9-10-11-12-13-14-15-16-17-18-19-20-21-22-23-26-33-52-43(50)37(3)45-44(51)53-35-49(4)31-29-48(30-32-49)41-38-34-36(2)54-42(38)47-40-28-25-24-27-39(40)46-41/h24-25,27-28,34,37H,5-23,26,29-33,35H2,1-4H3,(H-,45,46,47,51)/p+1/t37-/m0/s1. The zero-order chi connectivity index (χ0) is 38.4. The van der Waals surface area contributed by atoms with Crippen LogP contribution in [0.1, 0.15) is 153 Å². The Balaban J connectivity index is 0.977. The molecule has 2 aliphatic heterocycles. The molecule has 0 radical (unpaired) electrons. The third kappa shape index (κ3) is 15.6. The van der Waals surface area contributed by atoms with Crippen molar-refractivity contribution in [2.45, 2.75) is 155 Å². The lowest BCUT2D eigenvalue weighted by atomic mass is 10.0. The van der Waals surface area contributed by atoms with Crippen LogP contribution in [0.2, 0.25) is 0 Å². The first-order valence-corrected chi connectivity index (χ1v) is 22.3. The van der Waals surface area contributed by atoms with E-state index in [-0.39, 0.29) is 6.73 Å². The first-order valence-electron chi connectivity index (χ1n) is 21.5. The highest BCUT2D eigenvalue weighted by molar-refractivity contribution is 7.16. The molecule has 0 bridgehead atoms. The molecule has 2 N–H and O–H groups in total. The van der Waals surface area contributed by atoms with Gasteiger partial charge in [0.15, 0.2) is 0 Å². The normalized spacial score (nSPS) is 15.3. The highest BCUT2D eigenvalue weighted by Gasteiger charge is 2.34. The first kappa shape index (κ1) is 43.6. The predicted molar refractivity (Wildman–Crippen MR) is 225 cm³/mol. The van der Waals surface area contributed by atoms with Crippen LogP contribution in [0.25, 0.3) is 0 Å². The summed E-state index contributed by atoms with van der Waals surface area (Å²) in [5, 5.41) is 7.36. The van der Waals surface area contributed by atoms with Gasteiger partial charge in [-0.2, -0.15) is 0 Å². The van der Waals surface area contributed by atoms with Crippen LogP contribution in [0.15, 0.2) is 35.3 Å². The number of aliphatic imine (C=N–C) groups is 1. The topological polar surface area (TPSA) is 92.3 Å². The molecule has 2 aliphatic rings. The number of anilines is 2. The smallest absolute Gasteiger partial charge is 0.412 e. The molecule has 1 saturated heterocycles. The van der Waals surface area contributed by atoms with Crippen LogP contribution < -0.4 is 10.6 Å². The molecule has 1 aromatic carbocycles. The molecule has 2 aromatic rings. The maximum absolute atomic E-state index is 12.6. The van der Waals surface area contributed by atoms with Crippen LogP contribution in [0.3, 0.4) is 0 Å². The zero-order valence-corrected chi connectivity index (χ0v) is 35.0. The van der Waals surface area contributed by atoms with Gasteiger partial charge in [-0.05, 0) is 38.5 Å². The molecule has 0 spiro atoms. The van der Waals surface area contributed by atoms with Gasteiger partial charge in [-0.3, -0.25) is 4.48 Å². The van der Waals surface area contributed by atoms with Gasteiger partial charge in [-0.1, -0.05) is 141 Å². The Kier molecular flexibility index (Phi) is 19.7. The molecule has 1 aromatic heterocycles. The second kappa shape index (κ2) is 24.4. The molecule has 4 rings (SSSR count). The third-order valence-corrected chi connectivity index (χ3v) is 12.0. The van der Waals surface area contributed by atoms with Gasteiger partial charge < -0.3 is 25.0 Å². The summed E-state index contributed by atoms with van der Waals surface area (Å²) in [5.41, 5.74) is 3.08. The van der Waals surface area contributed by atoms with Crippen LogP contribution in [-0.4, -0.2) is 79.9 Å². The number of quaternary nitrogens is 1. The minimum absolute atomic E-state index is 0.237. The molecular formula is C44H72N5O4S+. The molecule has 3 heterocycles. The molecular weight excluding hydrogens is 695 g/mol. The van der Waals surface area contributed by atoms with E-state index in [0.29, 0.717) is 11.1 Å². The number of rotatable bonds is 25. The number of fused-ring (bicyclic) bond motifs is 2. The summed E-state index contributed by atoms with van der Waals surface area (Å²) in [5.74, 6) is 0.571. The number of esters is 1. The highest BCUT2D eigenvalue weighted by Crippen LogP contribution is 2.39. The van der Waals surface area contributed by atoms with Crippen molar-refractivity contribution in [3.63, 3.8) is 0 Å². The van der Waals surface area contributed by atoms with Gasteiger partial charge >= 0.3 is 12.1 Å². The number of carbonyl (C=O) groups excluding carboxylic acids is 2. The minimum atomic E-state index is -0.752. The number of likely N-dealkylation sites (N-methyl/N-ethyl adjacent to an activating group) is 1. The Labute approximate surface area is 331 Å². The average Bonchev–Trinajstić information content (AvgIpc) is 3.46. The van der Waals surface area contributed by atoms with Gasteiger partial charge in [-0.15, -0.1) is 11.3 Å². The number of piperazine rings is 1. The lowest BCUT2D eigenvalue weighted by molar-refractivity contribution is -0.928. The van der Waals surface area contributed by atoms with Crippen LogP contribution in [0.4, 0.5) is 21.2 Å². The summed E-state index contributed by atoms with van der Waals surface area (Å²) in [4.78, 5) is 33.8. The maximum Gasteiger partial charge on any atom is 0.412 e. The fraction of sp³-hybridized carbons (Fsp3) is 0.705. The summed E-state index contributed by atoms with van der Waals surface area (Å²) < 4.78 is 11.7. The molecule has 1 fully saturated rings. The van der Waals surface area contributed by atoms with E-state index in [1.807, 2.05) is 18.2 Å². The molecule has 54 heavy (non-hydrogen) atoms. The van der Waals surface area contributed by atoms with E-state index in [4.69, 9.17) is 14.5 Å². The van der Waals surface area contributed by atoms with Gasteiger partial charge in [0.25, 0.3) is 0 Å². The van der Waals surface area contributed by atoms with E-state index in [1.165, 1.54) is 120 Å². The molecule has 302 valence electrons. The van der Waals surface area contributed by atoms with Crippen LogP contribution >= 0.6 is 11.3 Å². The predicted octanol–water partition coefficient (Wildman–Crippen LogP) is 11.4. The first-order chi connectivity index (χ1) is 26.3. The number of benzene rings is 1. The van der Waals surface area contributed by atoms with Gasteiger partial charge in [0.1, 0.15) is 16.9 Å². The van der Waals surface area contributed by atoms with Gasteiger partial charge in [0.2, 0.25) is 6.73 Å². The van der Waals surface area contributed by atoms with E-state index in [2.05, 4.69) is 48.6 Å². The van der Waals surface area contributed by atoms with Crippen LogP contribution in [-0.2, 0) is 14.3 Å². The van der Waals surface area contributed by atoms with E-state index in [1.54, 1.807) is 18.3 Å². The molecule has 0 saturated carbocycles. The number of para-hydroxylation sites is 2. The number of unbranched alkanes of at least 4 members (excludes halogenated alkanes) is 19. The summed E-state index contributed by atoms with van der Waals surface area (Å²) in [6.07, 6.45) is 26.2. The van der Waals surface area contributed by atoms with Gasteiger partial charge in [-0.25, -0.2) is 14.6 Å². The number of aryl methyl sites for hydroxylation is 1. The van der Waals surface area contributed by atoms with Crippen molar-refractivity contribution in [3.8, 4) is 0 Å². The number of thiophene rings is 1. The monoisotopic (exact) mass is 767 g/mol. The molecule has 10 heteroatoms. The Morgan fingerprint density at radius 1 is 0.833 bits per heavy atom. The Morgan fingerprint density at radius 3 is 1.94 bits per heavy atom. The van der Waals surface area contributed by atoms with E-state index >= 15 is 0 Å². The number of carbonyl (C=O) groups is 2. The summed E-state index contributed by atoms with van der Waals surface area (Å²) >= 11 is 1.75. The highest BCUT2D eigenvalue weighted by atomic mass is 32.1. The largest absolute Gasteiger partial charge is 0.464 e. The fourth-order valence-corrected chi connectivity index (χ4v) is 8.34. The number of amidine groups is 1. The Hall–Kier alpha value is -3.11. The number of ether oxygens (including phenoxy) is 2. The molecule has 0 unspecified atom stereocenters. The van der Waals surface area contributed by atoms with Crippen LogP contribution in [0.5, 0.6) is 0 Å². The van der Waals surface area contributed by atoms with Crippen molar-refractivity contribution in [2.75, 3.05) is 51.9 Å². The summed E-state index contributed by atoms with van der Waals surface area (Å²) in [6.45, 7) is 9.88. The number of nitrogens with zero attached hydrogens (tertiary/aromatic N) is 3. The van der Waals surface area contributed by atoms with Gasteiger partial charge in [0.05, 0.1) is 56.8 Å². The van der Waals surface area contributed by atoms with Crippen molar-refractivity contribution in [1.82, 2.24) is 10.2 Å². The number of hydrogen-bond acceptors (Lipinski definition) is 8. The summed E-state index contributed by atoms with van der Waals surface area (Å²) in [6, 6.07) is 9.61. The van der Waals surface area contributed by atoms with Crippen molar-refractivity contribution in [3.05, 3.63) is 40.8 Å². The van der Waals surface area contributed by atoms with Crippen molar-refractivity contribution >= 4 is 45.6 Å². The second-order valence-electron chi connectivity index (χ2n) is 16.0. The second-order valence-corrected chi connectivity index (χ2v) is 17.3. The number of alkyl carbamates (subject to hydrolysis) is 1. The molecule has 1 amide bonds. The minimum Gasteiger partial charge on any atom is -0.464 e. The third-order valence-electron chi connectivity index (χ3n) is 11.0. The zero-order valence-electron chi connectivity index (χ0n) is 34.2. The average molecular weight is 767 g/mol. The fourth-order valence-electron chi connectivity index (χ4n) is 7.42. The molecule has 0 aliphatic carbocycles. The van der Waals surface area contributed by atoms with E-state index < -0.39 is 18.1 Å². The SMILES string of the molecule is CCCCCCCCCCCCCCCCCCCCCCOC(=O)[C@H](C)NC(=O)OC[N+]1(C)CCN(C2=Nc3ccccc3Nc3sc(C)cc32)CC1. The molecule has 1 atom stereocenters. The van der Waals surface area contributed by atoms with E-state index in [0.717, 1.165) is 66.8 Å². The van der Waals surface area contributed by atoms with Gasteiger partial charge in [0, 0.05) is 4.88 Å². The Morgan fingerprint density at radius 2 is 1.37 bits per heavy atom. The summed E-state index contributed by atoms with van der Waals surface area (Å²) in [7, 11) is 2.11. The van der Waals surface area contributed by atoms with Crippen molar-refractivity contribution in [2.24, 2.45) is 4.99 Å². The van der Waals surface area contributed by atoms with Crippen molar-refractivity contribution < 1.29 is 23.5 Å². The molecule has 9 nitrogen and oxygen atoms in total. The number of nitrogens with one attached hydrogen (secondary N) is 2. The number of hydrogen-bond donors (Lipinski definition) is 2. The lowest BCUT2D eigenvalue weighted by Crippen LogP contribution is -2.59. The lowest BCUT2D eigenvalue weighted by Gasteiger charge is -2.42. The van der Waals surface area contributed by atoms with Crippen molar-refractivity contribution in [1.29, 1.82) is 0 Å². The Bertz CT molecular complexity index is 1420. The van der Waals surface area contributed by atoms with Crippen LogP contribution in [0, 0.1) is 6.92 Å². The number of amides is 1. The van der Waals surface area contributed by atoms with E-state index in [9.17, 15) is 9.59 Å². The maximum atomic E-state index is 12.6.